The van der Waals surface area contributed by atoms with Gasteiger partial charge in [0, 0.05) is 6.04 Å². The molecule has 2 aliphatic heterocycles. The van der Waals surface area contributed by atoms with Crippen molar-refractivity contribution in [1.82, 2.24) is 5.32 Å². The fourth-order valence-electron chi connectivity index (χ4n) is 5.66. The van der Waals surface area contributed by atoms with Crippen LogP contribution in [0.3, 0.4) is 0 Å². The standard InChI is InChI=1S/C29H28N2O5/c1-4-36-21-16-14-20(15-17-21)31-26(32)23-24(27(31)33)29(28(34)35-3,19-11-6-5-7-12-19)30-25(23)22-13-9-8-10-18(22)2/h5-17,23-25,30H,4H2,1-3H3/t23-,24-,25+,29+/m0/s1. The summed E-state index contributed by atoms with van der Waals surface area (Å²) in [5.74, 6) is -2.54. The minimum atomic E-state index is -1.53. The Hall–Kier alpha value is -3.97. The van der Waals surface area contributed by atoms with Crippen LogP contribution in [-0.2, 0) is 24.7 Å². The van der Waals surface area contributed by atoms with Gasteiger partial charge in [0.25, 0.3) is 0 Å². The lowest BCUT2D eigenvalue weighted by Crippen LogP contribution is -2.53. The predicted molar refractivity (Wildman–Crippen MR) is 134 cm³/mol. The summed E-state index contributed by atoms with van der Waals surface area (Å²) in [6.07, 6.45) is 0. The Morgan fingerprint density at radius 3 is 2.25 bits per heavy atom. The highest BCUT2D eigenvalue weighted by Gasteiger charge is 2.69. The van der Waals surface area contributed by atoms with E-state index in [0.717, 1.165) is 11.1 Å². The Morgan fingerprint density at radius 1 is 0.944 bits per heavy atom. The van der Waals surface area contributed by atoms with Gasteiger partial charge in [0.05, 0.1) is 31.2 Å². The molecule has 0 bridgehead atoms. The summed E-state index contributed by atoms with van der Waals surface area (Å²) in [4.78, 5) is 42.9. The minimum absolute atomic E-state index is 0.350. The molecule has 3 aromatic carbocycles. The number of esters is 1. The van der Waals surface area contributed by atoms with Crippen molar-refractivity contribution in [3.63, 3.8) is 0 Å². The van der Waals surface area contributed by atoms with Crippen molar-refractivity contribution in [3.8, 4) is 5.75 Å². The SMILES string of the molecule is CCOc1ccc(N2C(=O)[C@@H]3[C@@H](c4ccccc4C)N[C@](C(=O)OC)(c4ccccc4)[C@@H]3C2=O)cc1. The summed E-state index contributed by atoms with van der Waals surface area (Å²) in [5, 5.41) is 3.43. The third-order valence-corrected chi connectivity index (χ3v) is 7.23. The highest BCUT2D eigenvalue weighted by molar-refractivity contribution is 6.24. The lowest BCUT2D eigenvalue weighted by molar-refractivity contribution is -0.152. The molecule has 184 valence electrons. The molecule has 7 heteroatoms. The first-order valence-electron chi connectivity index (χ1n) is 12.0. The third kappa shape index (κ3) is 3.50. The Bertz CT molecular complexity index is 1310. The molecule has 0 saturated carbocycles. The van der Waals surface area contributed by atoms with Gasteiger partial charge in [-0.2, -0.15) is 0 Å². The summed E-state index contributed by atoms with van der Waals surface area (Å²) in [6, 6.07) is 23.0. The van der Waals surface area contributed by atoms with E-state index in [1.807, 2.05) is 56.3 Å². The number of aryl methyl sites for hydroxylation is 1. The van der Waals surface area contributed by atoms with Gasteiger partial charge in [-0.05, 0) is 54.8 Å². The highest BCUT2D eigenvalue weighted by Crippen LogP contribution is 2.54. The lowest BCUT2D eigenvalue weighted by Gasteiger charge is -2.33. The lowest BCUT2D eigenvalue weighted by atomic mass is 9.75. The molecule has 2 aliphatic rings. The average molecular weight is 485 g/mol. The number of hydrogen-bond acceptors (Lipinski definition) is 6. The van der Waals surface area contributed by atoms with Gasteiger partial charge in [0.2, 0.25) is 11.8 Å². The summed E-state index contributed by atoms with van der Waals surface area (Å²) in [7, 11) is 1.30. The molecule has 0 spiro atoms. The van der Waals surface area contributed by atoms with E-state index < -0.39 is 35.3 Å². The van der Waals surface area contributed by atoms with Crippen molar-refractivity contribution in [2.24, 2.45) is 11.8 Å². The number of methoxy groups -OCH3 is 1. The topological polar surface area (TPSA) is 84.9 Å². The first kappa shape index (κ1) is 23.8. The Morgan fingerprint density at radius 2 is 1.61 bits per heavy atom. The van der Waals surface area contributed by atoms with Gasteiger partial charge >= 0.3 is 5.97 Å². The van der Waals surface area contributed by atoms with Crippen LogP contribution in [0.5, 0.6) is 5.75 Å². The molecule has 3 aromatic rings. The first-order chi connectivity index (χ1) is 17.4. The number of hydrogen-bond donors (Lipinski definition) is 1. The third-order valence-electron chi connectivity index (χ3n) is 7.23. The van der Waals surface area contributed by atoms with Crippen LogP contribution in [0.25, 0.3) is 0 Å². The molecule has 36 heavy (non-hydrogen) atoms. The number of amides is 2. The zero-order chi connectivity index (χ0) is 25.4. The molecule has 1 N–H and O–H groups in total. The van der Waals surface area contributed by atoms with Gasteiger partial charge in [0.15, 0.2) is 5.54 Å². The second-order valence-corrected chi connectivity index (χ2v) is 9.09. The van der Waals surface area contributed by atoms with Crippen molar-refractivity contribution in [2.75, 3.05) is 18.6 Å². The number of nitrogens with zero attached hydrogens (tertiary/aromatic N) is 1. The number of imide groups is 1. The molecule has 4 atom stereocenters. The van der Waals surface area contributed by atoms with E-state index in [1.165, 1.54) is 12.0 Å². The van der Waals surface area contributed by atoms with Crippen LogP contribution in [-0.4, -0.2) is 31.5 Å². The molecular weight excluding hydrogens is 456 g/mol. The number of rotatable bonds is 6. The maximum atomic E-state index is 14.1. The smallest absolute Gasteiger partial charge is 0.331 e. The van der Waals surface area contributed by atoms with E-state index in [-0.39, 0.29) is 5.91 Å². The summed E-state index contributed by atoms with van der Waals surface area (Å²) in [6.45, 7) is 4.35. The fraction of sp³-hybridized carbons (Fsp3) is 0.276. The number of nitrogens with one attached hydrogen (secondary N) is 1. The zero-order valence-electron chi connectivity index (χ0n) is 20.4. The van der Waals surface area contributed by atoms with E-state index in [1.54, 1.807) is 36.4 Å². The predicted octanol–water partition coefficient (Wildman–Crippen LogP) is 3.91. The van der Waals surface area contributed by atoms with Crippen LogP contribution in [0.2, 0.25) is 0 Å². The second-order valence-electron chi connectivity index (χ2n) is 9.09. The van der Waals surface area contributed by atoms with E-state index in [0.29, 0.717) is 23.6 Å². The average Bonchev–Trinajstić information content (AvgIpc) is 3.39. The fourth-order valence-corrected chi connectivity index (χ4v) is 5.66. The van der Waals surface area contributed by atoms with Crippen molar-refractivity contribution in [3.05, 3.63) is 95.6 Å². The van der Waals surface area contributed by atoms with Gasteiger partial charge in [-0.1, -0.05) is 54.6 Å². The number of anilines is 1. The molecule has 0 aromatic heterocycles. The van der Waals surface area contributed by atoms with Crippen LogP contribution < -0.4 is 15.0 Å². The Balaban J connectivity index is 1.69. The van der Waals surface area contributed by atoms with E-state index >= 15 is 0 Å². The van der Waals surface area contributed by atoms with Crippen LogP contribution in [0.15, 0.2) is 78.9 Å². The molecule has 2 heterocycles. The largest absolute Gasteiger partial charge is 0.494 e. The van der Waals surface area contributed by atoms with Gasteiger partial charge in [-0.15, -0.1) is 0 Å². The minimum Gasteiger partial charge on any atom is -0.494 e. The van der Waals surface area contributed by atoms with Crippen molar-refractivity contribution in [2.45, 2.75) is 25.4 Å². The normalized spacial score (nSPS) is 25.1. The monoisotopic (exact) mass is 484 g/mol. The van der Waals surface area contributed by atoms with Crippen LogP contribution in [0.4, 0.5) is 5.69 Å². The molecule has 0 radical (unpaired) electrons. The molecule has 2 amide bonds. The van der Waals surface area contributed by atoms with Crippen molar-refractivity contribution < 1.29 is 23.9 Å². The summed E-state index contributed by atoms with van der Waals surface area (Å²) >= 11 is 0. The van der Waals surface area contributed by atoms with E-state index in [4.69, 9.17) is 9.47 Å². The molecule has 7 nitrogen and oxygen atoms in total. The number of fused-ring (bicyclic) bond motifs is 1. The van der Waals surface area contributed by atoms with E-state index in [9.17, 15) is 14.4 Å². The van der Waals surface area contributed by atoms with Gasteiger partial charge in [-0.3, -0.25) is 14.9 Å². The maximum Gasteiger partial charge on any atom is 0.331 e. The van der Waals surface area contributed by atoms with Crippen LogP contribution >= 0.6 is 0 Å². The molecule has 2 fully saturated rings. The van der Waals surface area contributed by atoms with Gasteiger partial charge in [-0.25, -0.2) is 9.69 Å². The molecule has 2 saturated heterocycles. The van der Waals surface area contributed by atoms with E-state index in [2.05, 4.69) is 5.32 Å². The van der Waals surface area contributed by atoms with Gasteiger partial charge in [0.1, 0.15) is 5.75 Å². The molecule has 0 unspecified atom stereocenters. The second kappa shape index (κ2) is 9.24. The van der Waals surface area contributed by atoms with Crippen molar-refractivity contribution >= 4 is 23.5 Å². The van der Waals surface area contributed by atoms with Gasteiger partial charge < -0.3 is 9.47 Å². The summed E-state index contributed by atoms with van der Waals surface area (Å²) in [5.41, 5.74) is 1.32. The zero-order valence-corrected chi connectivity index (χ0v) is 20.4. The highest BCUT2D eigenvalue weighted by atomic mass is 16.5. The molecular formula is C29H28N2O5. The number of ether oxygens (including phenoxy) is 2. The Kier molecular flexibility index (Phi) is 6.10. The molecule has 0 aliphatic carbocycles. The number of carbonyl (C=O) groups is 3. The van der Waals surface area contributed by atoms with Crippen LogP contribution in [0, 0.1) is 18.8 Å². The number of benzene rings is 3. The Labute approximate surface area is 210 Å². The quantitative estimate of drug-likeness (QED) is 0.422. The first-order valence-corrected chi connectivity index (χ1v) is 12.0. The summed E-state index contributed by atoms with van der Waals surface area (Å²) < 4.78 is 10.8. The van der Waals surface area contributed by atoms with Crippen LogP contribution in [0.1, 0.15) is 29.7 Å². The molecule has 5 rings (SSSR count). The number of carbonyl (C=O) groups excluding carboxylic acids is 3. The maximum absolute atomic E-state index is 14.1. The van der Waals surface area contributed by atoms with Crippen molar-refractivity contribution in [1.29, 1.82) is 0 Å².